The van der Waals surface area contributed by atoms with Crippen LogP contribution in [0.3, 0.4) is 0 Å². The minimum Gasteiger partial charge on any atom is -0.497 e. The summed E-state index contributed by atoms with van der Waals surface area (Å²) < 4.78 is 53.4. The lowest BCUT2D eigenvalue weighted by atomic mass is 10.0. The molecule has 5 nitrogen and oxygen atoms in total. The Labute approximate surface area is 156 Å². The van der Waals surface area contributed by atoms with Crippen molar-refractivity contribution in [1.82, 2.24) is 4.90 Å². The molecule has 2 aromatic rings. The number of rotatable bonds is 5. The molecule has 0 bridgehead atoms. The lowest BCUT2D eigenvalue weighted by molar-refractivity contribution is 0.0735. The number of carbonyl (C=O) groups is 1. The van der Waals surface area contributed by atoms with E-state index in [0.717, 1.165) is 36.3 Å². The lowest BCUT2D eigenvalue weighted by Gasteiger charge is -2.25. The molecule has 1 aliphatic rings. The Balaban J connectivity index is 1.81. The van der Waals surface area contributed by atoms with Crippen molar-refractivity contribution in [3.8, 4) is 5.75 Å². The predicted molar refractivity (Wildman–Crippen MR) is 95.6 cm³/mol. The molecule has 144 valence electrons. The smallest absolute Gasteiger partial charge is 0.341 e. The number of ether oxygens (including phenoxy) is 1. The number of halogens is 2. The van der Waals surface area contributed by atoms with Crippen LogP contribution in [0.25, 0.3) is 0 Å². The molecule has 2 aromatic carbocycles. The van der Waals surface area contributed by atoms with Crippen molar-refractivity contribution >= 4 is 15.7 Å². The molecule has 0 aliphatic carbocycles. The molecule has 1 saturated heterocycles. The number of amides is 1. The molecule has 0 N–H and O–H groups in total. The number of methoxy groups -OCH3 is 1. The standard InChI is InChI=1S/C19H19F2NO4S/c1-26-15-8-4-13(5-9-15)17-3-2-12-22(17)18(23)14-6-10-16(11-7-14)27(24,25)19(20)21/h4-11,17,19H,2-3,12H2,1H3. The van der Waals surface area contributed by atoms with E-state index in [1.165, 1.54) is 12.1 Å². The second-order valence-electron chi connectivity index (χ2n) is 6.26. The molecule has 1 aliphatic heterocycles. The van der Waals surface area contributed by atoms with Crippen LogP contribution in [-0.2, 0) is 9.84 Å². The van der Waals surface area contributed by atoms with Crippen molar-refractivity contribution in [2.24, 2.45) is 0 Å². The van der Waals surface area contributed by atoms with Gasteiger partial charge in [0.25, 0.3) is 5.91 Å². The quantitative estimate of drug-likeness (QED) is 0.775. The zero-order valence-corrected chi connectivity index (χ0v) is 15.5. The monoisotopic (exact) mass is 395 g/mol. The van der Waals surface area contributed by atoms with Gasteiger partial charge in [0.15, 0.2) is 0 Å². The summed E-state index contributed by atoms with van der Waals surface area (Å²) in [5.41, 5.74) is 1.25. The van der Waals surface area contributed by atoms with Gasteiger partial charge in [0, 0.05) is 12.1 Å². The number of hydrogen-bond donors (Lipinski definition) is 0. The highest BCUT2D eigenvalue weighted by Gasteiger charge is 2.31. The van der Waals surface area contributed by atoms with Gasteiger partial charge < -0.3 is 9.64 Å². The molecule has 0 radical (unpaired) electrons. The third-order valence-electron chi connectivity index (χ3n) is 4.68. The van der Waals surface area contributed by atoms with Crippen LogP contribution >= 0.6 is 0 Å². The third kappa shape index (κ3) is 3.80. The van der Waals surface area contributed by atoms with Crippen molar-refractivity contribution < 1.29 is 26.7 Å². The number of nitrogens with zero attached hydrogens (tertiary/aromatic N) is 1. The first-order chi connectivity index (χ1) is 12.8. The Morgan fingerprint density at radius 2 is 1.74 bits per heavy atom. The molecular formula is C19H19F2NO4S. The van der Waals surface area contributed by atoms with E-state index in [1.807, 2.05) is 24.3 Å². The van der Waals surface area contributed by atoms with Gasteiger partial charge in [-0.25, -0.2) is 8.42 Å². The summed E-state index contributed by atoms with van der Waals surface area (Å²) >= 11 is 0. The summed E-state index contributed by atoms with van der Waals surface area (Å²) in [5.74, 6) is -3.02. The van der Waals surface area contributed by atoms with Crippen molar-refractivity contribution in [3.05, 3.63) is 59.7 Å². The van der Waals surface area contributed by atoms with E-state index in [-0.39, 0.29) is 17.5 Å². The van der Waals surface area contributed by atoms with Gasteiger partial charge in [-0.2, -0.15) is 8.78 Å². The minimum atomic E-state index is -4.67. The van der Waals surface area contributed by atoms with Crippen molar-refractivity contribution in [2.75, 3.05) is 13.7 Å². The van der Waals surface area contributed by atoms with E-state index in [0.29, 0.717) is 6.54 Å². The van der Waals surface area contributed by atoms with Crippen LogP contribution in [0.2, 0.25) is 0 Å². The van der Waals surface area contributed by atoms with Crippen molar-refractivity contribution in [1.29, 1.82) is 0 Å². The lowest BCUT2D eigenvalue weighted by Crippen LogP contribution is -2.30. The van der Waals surface area contributed by atoms with Gasteiger partial charge in [0.05, 0.1) is 18.0 Å². The van der Waals surface area contributed by atoms with Crippen LogP contribution in [0, 0.1) is 0 Å². The number of alkyl halides is 2. The zero-order valence-electron chi connectivity index (χ0n) is 14.6. The Kier molecular flexibility index (Phi) is 5.46. The predicted octanol–water partition coefficient (Wildman–Crippen LogP) is 3.67. The molecule has 1 heterocycles. The number of sulfone groups is 1. The molecule has 0 spiro atoms. The average Bonchev–Trinajstić information content (AvgIpc) is 3.17. The van der Waals surface area contributed by atoms with E-state index in [2.05, 4.69) is 0 Å². The molecule has 1 amide bonds. The summed E-state index contributed by atoms with van der Waals surface area (Å²) in [7, 11) is -3.09. The molecular weight excluding hydrogens is 376 g/mol. The largest absolute Gasteiger partial charge is 0.497 e. The minimum absolute atomic E-state index is 0.0899. The molecule has 8 heteroatoms. The summed E-state index contributed by atoms with van der Waals surface area (Å²) in [6.07, 6.45) is 1.66. The molecule has 3 rings (SSSR count). The Hall–Kier alpha value is -2.48. The zero-order chi connectivity index (χ0) is 19.6. The normalized spacial score (nSPS) is 17.3. The van der Waals surface area contributed by atoms with Crippen LogP contribution in [0.1, 0.15) is 34.8 Å². The topological polar surface area (TPSA) is 63.7 Å². The second-order valence-corrected chi connectivity index (χ2v) is 8.18. The van der Waals surface area contributed by atoms with Gasteiger partial charge >= 0.3 is 5.76 Å². The Bertz CT molecular complexity index is 912. The number of benzene rings is 2. The second kappa shape index (κ2) is 7.64. The van der Waals surface area contributed by atoms with Crippen LogP contribution in [-0.4, -0.2) is 38.6 Å². The molecule has 1 atom stereocenters. The first kappa shape index (κ1) is 19.3. The van der Waals surface area contributed by atoms with Gasteiger partial charge in [-0.3, -0.25) is 4.79 Å². The summed E-state index contributed by atoms with van der Waals surface area (Å²) in [6, 6.07) is 12.1. The van der Waals surface area contributed by atoms with Crippen LogP contribution in [0.4, 0.5) is 8.78 Å². The SMILES string of the molecule is COc1ccc(C2CCCN2C(=O)c2ccc(S(=O)(=O)C(F)F)cc2)cc1. The number of hydrogen-bond acceptors (Lipinski definition) is 4. The van der Waals surface area contributed by atoms with Crippen LogP contribution in [0.15, 0.2) is 53.4 Å². The molecule has 1 unspecified atom stereocenters. The van der Waals surface area contributed by atoms with E-state index in [4.69, 9.17) is 4.74 Å². The molecule has 27 heavy (non-hydrogen) atoms. The maximum Gasteiger partial charge on any atom is 0.341 e. The number of likely N-dealkylation sites (tertiary alicyclic amines) is 1. The van der Waals surface area contributed by atoms with Crippen LogP contribution < -0.4 is 4.74 Å². The van der Waals surface area contributed by atoms with Crippen LogP contribution in [0.5, 0.6) is 5.75 Å². The molecule has 0 aromatic heterocycles. The van der Waals surface area contributed by atoms with E-state index >= 15 is 0 Å². The maximum absolute atomic E-state index is 12.9. The highest BCUT2D eigenvalue weighted by molar-refractivity contribution is 7.91. The first-order valence-electron chi connectivity index (χ1n) is 8.41. The number of carbonyl (C=O) groups excluding carboxylic acids is 1. The van der Waals surface area contributed by atoms with Gasteiger partial charge in [0.2, 0.25) is 9.84 Å². The highest BCUT2D eigenvalue weighted by Crippen LogP contribution is 2.34. The fourth-order valence-corrected chi connectivity index (χ4v) is 3.96. The van der Waals surface area contributed by atoms with Gasteiger partial charge in [-0.15, -0.1) is 0 Å². The average molecular weight is 395 g/mol. The third-order valence-corrected chi connectivity index (χ3v) is 6.08. The first-order valence-corrected chi connectivity index (χ1v) is 9.96. The van der Waals surface area contributed by atoms with E-state index in [1.54, 1.807) is 12.0 Å². The molecule has 0 saturated carbocycles. The fraction of sp³-hybridized carbons (Fsp3) is 0.316. The van der Waals surface area contributed by atoms with E-state index in [9.17, 15) is 22.0 Å². The van der Waals surface area contributed by atoms with Gasteiger partial charge in [-0.1, -0.05) is 12.1 Å². The van der Waals surface area contributed by atoms with Gasteiger partial charge in [0.1, 0.15) is 5.75 Å². The summed E-state index contributed by atoms with van der Waals surface area (Å²) in [4.78, 5) is 14.1. The summed E-state index contributed by atoms with van der Waals surface area (Å²) in [5, 5.41) is 0. The Morgan fingerprint density at radius 3 is 2.30 bits per heavy atom. The van der Waals surface area contributed by atoms with Gasteiger partial charge in [-0.05, 0) is 54.8 Å². The van der Waals surface area contributed by atoms with E-state index < -0.39 is 20.5 Å². The fourth-order valence-electron chi connectivity index (χ4n) is 3.24. The van der Waals surface area contributed by atoms with Crippen molar-refractivity contribution in [3.63, 3.8) is 0 Å². The highest BCUT2D eigenvalue weighted by atomic mass is 32.2. The summed E-state index contributed by atoms with van der Waals surface area (Å²) in [6.45, 7) is 0.576. The maximum atomic E-state index is 12.9. The Morgan fingerprint density at radius 1 is 1.11 bits per heavy atom. The van der Waals surface area contributed by atoms with Crippen molar-refractivity contribution in [2.45, 2.75) is 29.5 Å². The molecule has 1 fully saturated rings.